The van der Waals surface area contributed by atoms with Crippen molar-refractivity contribution in [3.8, 4) is 0 Å². The third-order valence-electron chi connectivity index (χ3n) is 6.01. The van der Waals surface area contributed by atoms with E-state index in [1.165, 1.54) is 5.01 Å². The lowest BCUT2D eigenvalue weighted by atomic mass is 10.1. The largest absolute Gasteiger partial charge is 0.347 e. The highest BCUT2D eigenvalue weighted by atomic mass is 32.2. The molecule has 1 aromatic heterocycles. The van der Waals surface area contributed by atoms with Crippen molar-refractivity contribution in [1.29, 1.82) is 0 Å². The molecule has 3 heterocycles. The summed E-state index contributed by atoms with van der Waals surface area (Å²) in [4.78, 5) is 25.0. The topological polar surface area (TPSA) is 114 Å². The van der Waals surface area contributed by atoms with E-state index in [9.17, 15) is 18.0 Å². The maximum absolute atomic E-state index is 12.8. The number of nitrogens with one attached hydrogen (secondary N) is 1. The first-order valence-electron chi connectivity index (χ1n) is 10.7. The second kappa shape index (κ2) is 8.85. The van der Waals surface area contributed by atoms with Crippen LogP contribution in [0.3, 0.4) is 0 Å². The molecule has 0 radical (unpaired) electrons. The Morgan fingerprint density at radius 2 is 1.94 bits per heavy atom. The van der Waals surface area contributed by atoms with Crippen molar-refractivity contribution in [1.82, 2.24) is 20.1 Å². The van der Waals surface area contributed by atoms with Crippen molar-refractivity contribution in [2.24, 2.45) is 5.10 Å². The van der Waals surface area contributed by atoms with Gasteiger partial charge in [-0.1, -0.05) is 30.3 Å². The zero-order valence-corrected chi connectivity index (χ0v) is 19.1. The number of hydrogen-bond donors (Lipinski definition) is 1. The number of hydrazone groups is 1. The first-order chi connectivity index (χ1) is 15.2. The summed E-state index contributed by atoms with van der Waals surface area (Å²) in [5.41, 5.74) is 4.16. The molecule has 2 aliphatic rings. The Balaban J connectivity index is 1.43. The molecule has 4 rings (SSSR count). The summed E-state index contributed by atoms with van der Waals surface area (Å²) in [6, 6.07) is 9.55. The number of nitrogens with zero attached hydrogens (tertiary/aromatic N) is 4. The highest BCUT2D eigenvalue weighted by molar-refractivity contribution is 7.91. The Labute approximate surface area is 187 Å². The van der Waals surface area contributed by atoms with Crippen LogP contribution < -0.4 is 5.32 Å². The van der Waals surface area contributed by atoms with Crippen LogP contribution in [0, 0.1) is 13.8 Å². The lowest BCUT2D eigenvalue weighted by molar-refractivity contribution is -0.133. The Kier molecular flexibility index (Phi) is 6.14. The monoisotopic (exact) mass is 457 g/mol. The average Bonchev–Trinajstić information content (AvgIpc) is 3.25. The highest BCUT2D eigenvalue weighted by Gasteiger charge is 2.37. The van der Waals surface area contributed by atoms with Gasteiger partial charge in [-0.15, -0.1) is 0 Å². The number of carbonyl (C=O) groups is 2. The summed E-state index contributed by atoms with van der Waals surface area (Å²) < 4.78 is 25.5. The van der Waals surface area contributed by atoms with Gasteiger partial charge in [0, 0.05) is 30.6 Å². The molecule has 0 saturated carbocycles. The van der Waals surface area contributed by atoms with Crippen LogP contribution in [-0.2, 0) is 32.5 Å². The number of rotatable bonds is 6. The van der Waals surface area contributed by atoms with Crippen molar-refractivity contribution < 1.29 is 18.0 Å². The Bertz CT molecular complexity index is 1170. The van der Waals surface area contributed by atoms with Crippen molar-refractivity contribution in [3.05, 3.63) is 52.8 Å². The average molecular weight is 458 g/mol. The molecule has 2 aliphatic heterocycles. The summed E-state index contributed by atoms with van der Waals surface area (Å²) >= 11 is 0. The quantitative estimate of drug-likeness (QED) is 0.703. The number of amides is 2. The van der Waals surface area contributed by atoms with Crippen LogP contribution in [0.5, 0.6) is 0 Å². The van der Waals surface area contributed by atoms with E-state index < -0.39 is 15.9 Å². The molecule has 1 saturated heterocycles. The smallest absolute Gasteiger partial charge is 0.267 e. The third kappa shape index (κ3) is 4.74. The van der Waals surface area contributed by atoms with Crippen molar-refractivity contribution in [2.75, 3.05) is 11.5 Å². The second-order valence-electron chi connectivity index (χ2n) is 8.32. The molecule has 1 unspecified atom stereocenters. The number of benzene rings is 1. The molecule has 0 spiro atoms. The van der Waals surface area contributed by atoms with Gasteiger partial charge >= 0.3 is 0 Å². The van der Waals surface area contributed by atoms with E-state index in [1.54, 1.807) is 0 Å². The van der Waals surface area contributed by atoms with Crippen LogP contribution >= 0.6 is 0 Å². The fourth-order valence-corrected chi connectivity index (χ4v) is 5.85. The van der Waals surface area contributed by atoms with Gasteiger partial charge in [0.05, 0.1) is 29.8 Å². The predicted molar refractivity (Wildman–Crippen MR) is 120 cm³/mol. The van der Waals surface area contributed by atoms with Crippen molar-refractivity contribution >= 4 is 27.4 Å². The van der Waals surface area contributed by atoms with E-state index in [0.717, 1.165) is 22.5 Å². The van der Waals surface area contributed by atoms with Crippen molar-refractivity contribution in [3.63, 3.8) is 0 Å². The Hall–Kier alpha value is -3.01. The second-order valence-corrected chi connectivity index (χ2v) is 10.5. The minimum Gasteiger partial charge on any atom is -0.347 e. The van der Waals surface area contributed by atoms with E-state index in [1.807, 2.05) is 48.9 Å². The lowest BCUT2D eigenvalue weighted by Gasteiger charge is -2.27. The number of aromatic nitrogens is 2. The van der Waals surface area contributed by atoms with Gasteiger partial charge in [0.2, 0.25) is 5.91 Å². The molecule has 170 valence electrons. The van der Waals surface area contributed by atoms with Crippen molar-refractivity contribution in [2.45, 2.75) is 52.2 Å². The minimum absolute atomic E-state index is 0.0457. The predicted octanol–water partition coefficient (Wildman–Crippen LogP) is 1.33. The molecule has 1 atom stereocenters. The molecule has 9 nitrogen and oxygen atoms in total. The highest BCUT2D eigenvalue weighted by Crippen LogP contribution is 2.22. The van der Waals surface area contributed by atoms with Crippen LogP contribution in [0.2, 0.25) is 0 Å². The summed E-state index contributed by atoms with van der Waals surface area (Å²) in [6.07, 6.45) is 0.743. The van der Waals surface area contributed by atoms with Gasteiger partial charge in [0.1, 0.15) is 5.71 Å². The van der Waals surface area contributed by atoms with Gasteiger partial charge in [-0.2, -0.15) is 10.2 Å². The lowest BCUT2D eigenvalue weighted by Crippen LogP contribution is -2.43. The Morgan fingerprint density at radius 3 is 2.62 bits per heavy atom. The summed E-state index contributed by atoms with van der Waals surface area (Å²) in [6.45, 7) is 4.84. The van der Waals surface area contributed by atoms with Crippen LogP contribution in [0.4, 0.5) is 0 Å². The molecule has 2 aromatic rings. The fraction of sp³-hybridized carbons (Fsp3) is 0.455. The first kappa shape index (κ1) is 22.2. The van der Waals surface area contributed by atoms with Gasteiger partial charge < -0.3 is 5.32 Å². The fourth-order valence-electron chi connectivity index (χ4n) is 4.16. The van der Waals surface area contributed by atoms with E-state index in [2.05, 4.69) is 15.5 Å². The minimum atomic E-state index is -3.16. The molecule has 1 fully saturated rings. The van der Waals surface area contributed by atoms with E-state index in [-0.39, 0.29) is 41.9 Å². The molecule has 32 heavy (non-hydrogen) atoms. The SMILES string of the molecule is Cc1nn(Cc2ccccc2)c(C)c1CNC(=O)C1=NN(C2CCS(=O)(=O)C2)C(=O)CC1. The van der Waals surface area contributed by atoms with E-state index in [0.29, 0.717) is 19.5 Å². The van der Waals surface area contributed by atoms with Gasteiger partial charge in [0.25, 0.3) is 5.91 Å². The normalized spacial score (nSPS) is 20.3. The zero-order valence-electron chi connectivity index (χ0n) is 18.2. The van der Waals surface area contributed by atoms with Gasteiger partial charge in [0.15, 0.2) is 9.84 Å². The zero-order chi connectivity index (χ0) is 22.9. The molecular formula is C22H27N5O4S. The summed E-state index contributed by atoms with van der Waals surface area (Å²) in [7, 11) is -3.16. The Morgan fingerprint density at radius 1 is 1.19 bits per heavy atom. The summed E-state index contributed by atoms with van der Waals surface area (Å²) in [5, 5.41) is 12.9. The maximum atomic E-state index is 12.8. The standard InChI is InChI=1S/C22H27N5O4S/c1-15-19(16(2)26(24-15)13-17-6-4-3-5-7-17)12-23-22(29)20-8-9-21(28)27(25-20)18-10-11-32(30,31)14-18/h3-7,18H,8-14H2,1-2H3,(H,23,29). The molecule has 2 amide bonds. The third-order valence-corrected chi connectivity index (χ3v) is 7.76. The maximum Gasteiger partial charge on any atom is 0.267 e. The van der Waals surface area contributed by atoms with Crippen LogP contribution in [-0.4, -0.2) is 58.3 Å². The molecular weight excluding hydrogens is 430 g/mol. The van der Waals surface area contributed by atoms with Crippen LogP contribution in [0.25, 0.3) is 0 Å². The van der Waals surface area contributed by atoms with E-state index in [4.69, 9.17) is 0 Å². The van der Waals surface area contributed by atoms with Gasteiger partial charge in [-0.3, -0.25) is 14.3 Å². The molecule has 1 aromatic carbocycles. The molecule has 10 heteroatoms. The van der Waals surface area contributed by atoms with Gasteiger partial charge in [-0.25, -0.2) is 13.4 Å². The van der Waals surface area contributed by atoms with Gasteiger partial charge in [-0.05, 0) is 25.8 Å². The molecule has 1 N–H and O–H groups in total. The first-order valence-corrected chi connectivity index (χ1v) is 12.5. The molecule has 0 bridgehead atoms. The summed E-state index contributed by atoms with van der Waals surface area (Å²) in [5.74, 6) is -0.643. The number of aryl methyl sites for hydroxylation is 1. The number of hydrogen-bond acceptors (Lipinski definition) is 6. The number of sulfone groups is 1. The van der Waals surface area contributed by atoms with Crippen LogP contribution in [0.15, 0.2) is 35.4 Å². The van der Waals surface area contributed by atoms with E-state index >= 15 is 0 Å². The number of carbonyl (C=O) groups excluding carboxylic acids is 2. The molecule has 0 aliphatic carbocycles. The van der Waals surface area contributed by atoms with Crippen LogP contribution in [0.1, 0.15) is 41.8 Å².